The fraction of sp³-hybridized carbons (Fsp3) is 0.486. The predicted molar refractivity (Wildman–Crippen MR) is 158 cm³/mol. The van der Waals surface area contributed by atoms with E-state index in [-0.39, 0.29) is 35.6 Å². The Morgan fingerprint density at radius 3 is 1.47 bits per heavy atom. The summed E-state index contributed by atoms with van der Waals surface area (Å²) in [6, 6.07) is 16.1. The summed E-state index contributed by atoms with van der Waals surface area (Å²) in [6.07, 6.45) is 12.8. The third-order valence-electron chi connectivity index (χ3n) is 7.43. The van der Waals surface area contributed by atoms with Crippen molar-refractivity contribution in [3.63, 3.8) is 0 Å². The molecule has 0 spiro atoms. The maximum absolute atomic E-state index is 3.29. The van der Waals surface area contributed by atoms with Crippen molar-refractivity contribution in [2.75, 3.05) is 0 Å². The van der Waals surface area contributed by atoms with Crippen LogP contribution >= 0.6 is 0 Å². The first-order valence-corrected chi connectivity index (χ1v) is 15.0. The molecule has 3 aromatic rings. The molecule has 3 aromatic carbocycles. The fourth-order valence-electron chi connectivity index (χ4n) is 4.91. The Balaban J connectivity index is 0.000000351. The SMILES string of the molecule is CC(C)(C)c1ccc2[cH-]c3ccc(C(C)(C)C)cc3c2c1.CC1=[C-]C(C)C=C1C.[Cl-].[Cl-].[Zr+2]=[C]1CCCCC1. The third kappa shape index (κ3) is 9.64. The predicted octanol–water partition coefficient (Wildman–Crippen LogP) is 4.32. The van der Waals surface area contributed by atoms with Crippen LogP contribution in [-0.2, 0) is 35.1 Å². The molecule has 2 aliphatic rings. The summed E-state index contributed by atoms with van der Waals surface area (Å²) in [6.45, 7) is 20.1. The van der Waals surface area contributed by atoms with Gasteiger partial charge in [-0.25, -0.2) is 11.1 Å². The van der Waals surface area contributed by atoms with E-state index >= 15 is 0 Å². The number of hydrogen-bond acceptors (Lipinski definition) is 0. The van der Waals surface area contributed by atoms with Gasteiger partial charge in [-0.2, -0.15) is 6.08 Å². The molecule has 0 aliphatic heterocycles. The molecule has 0 radical (unpaired) electrons. The van der Waals surface area contributed by atoms with E-state index in [2.05, 4.69) is 117 Å². The average Bonchev–Trinajstić information content (AvgIpc) is 3.30. The monoisotopic (exact) mass is 626 g/mol. The van der Waals surface area contributed by atoms with Gasteiger partial charge in [0, 0.05) is 0 Å². The second kappa shape index (κ2) is 14.7. The van der Waals surface area contributed by atoms with Crippen LogP contribution in [0.3, 0.4) is 0 Å². The van der Waals surface area contributed by atoms with Gasteiger partial charge in [-0.15, -0.1) is 46.7 Å². The molecule has 3 heteroatoms. The minimum absolute atomic E-state index is 0. The van der Waals surface area contributed by atoms with Gasteiger partial charge in [0.05, 0.1) is 0 Å². The molecular weight excluding hydrogens is 583 g/mol. The van der Waals surface area contributed by atoms with Crippen molar-refractivity contribution in [2.45, 2.75) is 105 Å². The molecule has 0 heterocycles. The van der Waals surface area contributed by atoms with Crippen LogP contribution in [0.15, 0.2) is 59.7 Å². The first-order valence-electron chi connectivity index (χ1n) is 13.7. The zero-order valence-electron chi connectivity index (χ0n) is 25.0. The minimum atomic E-state index is 0. The molecular formula is C35H46Cl2Zr-2. The van der Waals surface area contributed by atoms with E-state index in [0.717, 1.165) is 0 Å². The topological polar surface area (TPSA) is 0 Å². The molecule has 5 rings (SSSR count). The van der Waals surface area contributed by atoms with E-state index in [1.807, 2.05) is 0 Å². The molecule has 0 N–H and O–H groups in total. The average molecular weight is 629 g/mol. The molecule has 1 saturated carbocycles. The summed E-state index contributed by atoms with van der Waals surface area (Å²) in [5.41, 5.74) is 5.90. The van der Waals surface area contributed by atoms with E-state index in [1.54, 1.807) is 27.4 Å². The molecule has 0 amide bonds. The molecule has 1 fully saturated rings. The van der Waals surface area contributed by atoms with Crippen LogP contribution in [0.4, 0.5) is 0 Å². The van der Waals surface area contributed by atoms with E-state index in [1.165, 1.54) is 75.9 Å². The van der Waals surface area contributed by atoms with E-state index in [4.69, 9.17) is 0 Å². The number of hydrogen-bond donors (Lipinski definition) is 0. The van der Waals surface area contributed by atoms with Gasteiger partial charge in [-0.1, -0.05) is 96.7 Å². The van der Waals surface area contributed by atoms with Crippen molar-refractivity contribution in [3.8, 4) is 0 Å². The molecule has 38 heavy (non-hydrogen) atoms. The standard InChI is InChI=1S/C21H25.C8H11.C6H10.2ClH.Zr/c1-20(2,3)16-9-7-14-11-15-8-10-17(21(4,5)6)13-19(15)18(14)12-16;1-6-4-7(2)8(3)5-6;1-2-4-6-5-3-1;;;/h7-13H,1-6H3;4,6H,1-3H3;1-5H2;2*1H;/q2*-1;;;;+2/p-2. The molecule has 0 bridgehead atoms. The van der Waals surface area contributed by atoms with Crippen molar-refractivity contribution >= 4 is 24.8 Å². The Hall–Kier alpha value is -0.877. The van der Waals surface area contributed by atoms with E-state index in [0.29, 0.717) is 5.92 Å². The normalized spacial score (nSPS) is 17.3. The van der Waals surface area contributed by atoms with Gasteiger partial charge < -0.3 is 24.8 Å². The third-order valence-corrected chi connectivity index (χ3v) is 8.66. The maximum atomic E-state index is 3.29. The molecule has 1 unspecified atom stereocenters. The molecule has 1 atom stereocenters. The van der Waals surface area contributed by atoms with Crippen LogP contribution in [-0.4, -0.2) is 3.21 Å². The van der Waals surface area contributed by atoms with E-state index < -0.39 is 0 Å². The number of fused-ring (bicyclic) bond motifs is 3. The first kappa shape index (κ1) is 35.2. The number of halogens is 2. The summed E-state index contributed by atoms with van der Waals surface area (Å²) in [4.78, 5) is 0. The van der Waals surface area contributed by atoms with Crippen LogP contribution in [0, 0.1) is 12.0 Å². The quantitative estimate of drug-likeness (QED) is 0.326. The van der Waals surface area contributed by atoms with Crippen molar-refractivity contribution < 1.29 is 49.0 Å². The first-order chi connectivity index (χ1) is 16.8. The van der Waals surface area contributed by atoms with Gasteiger partial charge in [0.15, 0.2) is 0 Å². The number of benzene rings is 2. The summed E-state index contributed by atoms with van der Waals surface area (Å²) >= 11 is 1.69. The van der Waals surface area contributed by atoms with Gasteiger partial charge in [0.1, 0.15) is 0 Å². The number of allylic oxidation sites excluding steroid dienone is 4. The Kier molecular flexibility index (Phi) is 13.6. The van der Waals surface area contributed by atoms with Crippen molar-refractivity contribution in [2.24, 2.45) is 5.92 Å². The van der Waals surface area contributed by atoms with Crippen LogP contribution in [0.25, 0.3) is 21.5 Å². The number of rotatable bonds is 0. The summed E-state index contributed by atoms with van der Waals surface area (Å²) in [7, 11) is 0. The Bertz CT molecular complexity index is 1180. The fourth-order valence-corrected chi connectivity index (χ4v) is 5.78. The Morgan fingerprint density at radius 2 is 1.21 bits per heavy atom. The van der Waals surface area contributed by atoms with Gasteiger partial charge in [0.2, 0.25) is 0 Å². The van der Waals surface area contributed by atoms with Gasteiger partial charge in [0.25, 0.3) is 0 Å². The van der Waals surface area contributed by atoms with Crippen molar-refractivity contribution in [1.29, 1.82) is 0 Å². The van der Waals surface area contributed by atoms with Gasteiger partial charge in [-0.05, 0) is 10.8 Å². The second-order valence-electron chi connectivity index (χ2n) is 12.8. The molecule has 0 nitrogen and oxygen atoms in total. The van der Waals surface area contributed by atoms with Crippen LogP contribution in [0.2, 0.25) is 0 Å². The van der Waals surface area contributed by atoms with Gasteiger partial charge >= 0.3 is 59.5 Å². The Labute approximate surface area is 260 Å². The second-order valence-corrected chi connectivity index (χ2v) is 14.6. The zero-order chi connectivity index (χ0) is 26.7. The molecule has 0 aromatic heterocycles. The van der Waals surface area contributed by atoms with Crippen molar-refractivity contribution in [3.05, 3.63) is 76.9 Å². The zero-order valence-corrected chi connectivity index (χ0v) is 29.0. The summed E-state index contributed by atoms with van der Waals surface area (Å²) < 4.78 is 1.80. The van der Waals surface area contributed by atoms with Gasteiger partial charge in [-0.3, -0.25) is 6.08 Å². The summed E-state index contributed by atoms with van der Waals surface area (Å²) in [5, 5.41) is 5.49. The van der Waals surface area contributed by atoms with Crippen molar-refractivity contribution in [1.82, 2.24) is 0 Å². The molecule has 0 saturated heterocycles. The van der Waals surface area contributed by atoms with Crippen LogP contribution in [0.5, 0.6) is 0 Å². The molecule has 206 valence electrons. The molecule has 2 aliphatic carbocycles. The van der Waals surface area contributed by atoms with E-state index in [9.17, 15) is 0 Å². The summed E-state index contributed by atoms with van der Waals surface area (Å²) in [5.74, 6) is 0.551. The Morgan fingerprint density at radius 1 is 0.763 bits per heavy atom. The van der Waals surface area contributed by atoms with Crippen LogP contribution < -0.4 is 24.8 Å². The van der Waals surface area contributed by atoms with Crippen LogP contribution in [0.1, 0.15) is 106 Å².